The third kappa shape index (κ3) is 3.64. The van der Waals surface area contributed by atoms with Gasteiger partial charge in [-0.15, -0.1) is 0 Å². The van der Waals surface area contributed by atoms with Crippen molar-refractivity contribution in [2.75, 3.05) is 13.1 Å². The first-order chi connectivity index (χ1) is 9.06. The summed E-state index contributed by atoms with van der Waals surface area (Å²) in [6, 6.07) is 0. The van der Waals surface area contributed by atoms with Gasteiger partial charge in [-0.2, -0.15) is 0 Å². The molecule has 2 heterocycles. The van der Waals surface area contributed by atoms with Crippen LogP contribution in [0.5, 0.6) is 0 Å². The van der Waals surface area contributed by atoms with Crippen LogP contribution < -0.4 is 5.73 Å². The van der Waals surface area contributed by atoms with Gasteiger partial charge in [0.15, 0.2) is 0 Å². The van der Waals surface area contributed by atoms with Crippen molar-refractivity contribution in [2.45, 2.75) is 19.3 Å². The predicted molar refractivity (Wildman–Crippen MR) is 69.5 cm³/mol. The van der Waals surface area contributed by atoms with Crippen molar-refractivity contribution in [3.63, 3.8) is 0 Å². The molecule has 6 nitrogen and oxygen atoms in total. The quantitative estimate of drug-likeness (QED) is 0.890. The van der Waals surface area contributed by atoms with Gasteiger partial charge in [-0.25, -0.2) is 9.97 Å². The van der Waals surface area contributed by atoms with Crippen molar-refractivity contribution in [2.24, 2.45) is 11.7 Å². The Kier molecular flexibility index (Phi) is 4.31. The van der Waals surface area contributed by atoms with Crippen LogP contribution in [-0.2, 0) is 4.79 Å². The van der Waals surface area contributed by atoms with E-state index < -0.39 is 0 Å². The van der Waals surface area contributed by atoms with Crippen molar-refractivity contribution >= 4 is 23.4 Å². The molecule has 0 aliphatic carbocycles. The van der Waals surface area contributed by atoms with Crippen LogP contribution in [0.15, 0.2) is 12.4 Å². The molecule has 1 aliphatic heterocycles. The van der Waals surface area contributed by atoms with Crippen LogP contribution in [0, 0.1) is 5.92 Å². The van der Waals surface area contributed by atoms with Crippen LogP contribution in [0.1, 0.15) is 29.8 Å². The maximum atomic E-state index is 12.1. The van der Waals surface area contributed by atoms with Crippen molar-refractivity contribution < 1.29 is 9.59 Å². The molecule has 1 aliphatic rings. The standard InChI is InChI=1S/C12H15ClN4O2/c13-10-7-15-9(6-16-10)12(19)17-3-1-8(2-4-17)5-11(14)18/h6-8H,1-5H2,(H2,14,18). The Balaban J connectivity index is 1.92. The van der Waals surface area contributed by atoms with E-state index in [0.29, 0.717) is 19.5 Å². The summed E-state index contributed by atoms with van der Waals surface area (Å²) in [5.41, 5.74) is 5.46. The van der Waals surface area contributed by atoms with Gasteiger partial charge in [0.25, 0.3) is 5.91 Å². The third-order valence-electron chi connectivity index (χ3n) is 3.23. The molecule has 1 fully saturated rings. The second-order valence-electron chi connectivity index (χ2n) is 4.63. The molecule has 0 bridgehead atoms. The number of piperidine rings is 1. The van der Waals surface area contributed by atoms with E-state index in [4.69, 9.17) is 17.3 Å². The number of hydrogen-bond donors (Lipinski definition) is 1. The fraction of sp³-hybridized carbons (Fsp3) is 0.500. The molecule has 2 amide bonds. The Bertz CT molecular complexity index is 469. The van der Waals surface area contributed by atoms with E-state index in [9.17, 15) is 9.59 Å². The SMILES string of the molecule is NC(=O)CC1CCN(C(=O)c2cnc(Cl)cn2)CC1. The Morgan fingerprint density at radius 1 is 1.32 bits per heavy atom. The van der Waals surface area contributed by atoms with Gasteiger partial charge >= 0.3 is 0 Å². The average molecular weight is 283 g/mol. The summed E-state index contributed by atoms with van der Waals surface area (Å²) in [7, 11) is 0. The van der Waals surface area contributed by atoms with E-state index in [2.05, 4.69) is 9.97 Å². The zero-order chi connectivity index (χ0) is 13.8. The van der Waals surface area contributed by atoms with Gasteiger partial charge in [0.05, 0.1) is 12.4 Å². The molecular formula is C12H15ClN4O2. The van der Waals surface area contributed by atoms with Crippen molar-refractivity contribution in [1.82, 2.24) is 14.9 Å². The summed E-state index contributed by atoms with van der Waals surface area (Å²) in [6.07, 6.45) is 4.70. The second kappa shape index (κ2) is 5.97. The molecule has 0 unspecified atom stereocenters. The molecule has 1 aromatic heterocycles. The molecule has 0 saturated carbocycles. The minimum absolute atomic E-state index is 0.151. The zero-order valence-electron chi connectivity index (χ0n) is 10.4. The monoisotopic (exact) mass is 282 g/mol. The number of primary amides is 1. The minimum atomic E-state index is -0.284. The smallest absolute Gasteiger partial charge is 0.274 e. The molecular weight excluding hydrogens is 268 g/mol. The van der Waals surface area contributed by atoms with E-state index >= 15 is 0 Å². The number of aromatic nitrogens is 2. The molecule has 2 rings (SSSR count). The number of carbonyl (C=O) groups is 2. The Hall–Kier alpha value is -1.69. The number of hydrogen-bond acceptors (Lipinski definition) is 4. The first-order valence-corrected chi connectivity index (χ1v) is 6.49. The first-order valence-electron chi connectivity index (χ1n) is 6.11. The van der Waals surface area contributed by atoms with Gasteiger partial charge in [-0.1, -0.05) is 11.6 Å². The maximum absolute atomic E-state index is 12.1. The van der Waals surface area contributed by atoms with E-state index in [1.54, 1.807) is 4.90 Å². The topological polar surface area (TPSA) is 89.2 Å². The van der Waals surface area contributed by atoms with Crippen molar-refractivity contribution in [1.29, 1.82) is 0 Å². The number of halogens is 1. The highest BCUT2D eigenvalue weighted by Gasteiger charge is 2.25. The highest BCUT2D eigenvalue weighted by atomic mass is 35.5. The van der Waals surface area contributed by atoms with E-state index in [1.807, 2.05) is 0 Å². The summed E-state index contributed by atoms with van der Waals surface area (Å²) in [6.45, 7) is 1.22. The van der Waals surface area contributed by atoms with Crippen molar-refractivity contribution in [3.05, 3.63) is 23.2 Å². The Labute approximate surface area is 116 Å². The second-order valence-corrected chi connectivity index (χ2v) is 5.02. The lowest BCUT2D eigenvalue weighted by molar-refractivity contribution is -0.119. The Morgan fingerprint density at radius 2 is 2.00 bits per heavy atom. The largest absolute Gasteiger partial charge is 0.370 e. The lowest BCUT2D eigenvalue weighted by atomic mass is 9.93. The summed E-state index contributed by atoms with van der Waals surface area (Å²) in [4.78, 5) is 32.5. The number of carbonyl (C=O) groups excluding carboxylic acids is 2. The molecule has 1 aromatic rings. The van der Waals surface area contributed by atoms with E-state index in [-0.39, 0.29) is 28.6 Å². The summed E-state index contributed by atoms with van der Waals surface area (Å²) < 4.78 is 0. The van der Waals surface area contributed by atoms with Crippen molar-refractivity contribution in [3.8, 4) is 0 Å². The highest BCUT2D eigenvalue weighted by molar-refractivity contribution is 6.29. The number of rotatable bonds is 3. The third-order valence-corrected chi connectivity index (χ3v) is 3.43. The molecule has 1 saturated heterocycles. The normalized spacial score (nSPS) is 16.4. The van der Waals surface area contributed by atoms with Crippen LogP contribution >= 0.6 is 11.6 Å². The number of nitrogens with zero attached hydrogens (tertiary/aromatic N) is 3. The molecule has 0 spiro atoms. The van der Waals surface area contributed by atoms with Gasteiger partial charge in [0, 0.05) is 19.5 Å². The summed E-state index contributed by atoms with van der Waals surface area (Å²) in [5, 5.41) is 0.261. The van der Waals surface area contributed by atoms with Crippen LogP contribution in [-0.4, -0.2) is 39.8 Å². The number of likely N-dealkylation sites (tertiary alicyclic amines) is 1. The van der Waals surface area contributed by atoms with Gasteiger partial charge in [0.1, 0.15) is 10.8 Å². The van der Waals surface area contributed by atoms with Gasteiger partial charge in [-0.05, 0) is 18.8 Å². The summed E-state index contributed by atoms with van der Waals surface area (Å²) >= 11 is 5.63. The lowest BCUT2D eigenvalue weighted by Crippen LogP contribution is -2.39. The van der Waals surface area contributed by atoms with Gasteiger partial charge in [0.2, 0.25) is 5.91 Å². The molecule has 0 aromatic carbocycles. The van der Waals surface area contributed by atoms with E-state index in [1.165, 1.54) is 12.4 Å². The zero-order valence-corrected chi connectivity index (χ0v) is 11.1. The predicted octanol–water partition coefficient (Wildman–Crippen LogP) is 0.858. The lowest BCUT2D eigenvalue weighted by Gasteiger charge is -2.31. The maximum Gasteiger partial charge on any atom is 0.274 e. The average Bonchev–Trinajstić information content (AvgIpc) is 2.39. The molecule has 19 heavy (non-hydrogen) atoms. The van der Waals surface area contributed by atoms with Crippen LogP contribution in [0.25, 0.3) is 0 Å². The van der Waals surface area contributed by atoms with Crippen LogP contribution in [0.2, 0.25) is 5.15 Å². The van der Waals surface area contributed by atoms with Gasteiger partial charge < -0.3 is 10.6 Å². The van der Waals surface area contributed by atoms with Crippen LogP contribution in [0.4, 0.5) is 0 Å². The fourth-order valence-electron chi connectivity index (χ4n) is 2.21. The molecule has 0 atom stereocenters. The van der Waals surface area contributed by atoms with Crippen LogP contribution in [0.3, 0.4) is 0 Å². The summed E-state index contributed by atoms with van der Waals surface area (Å²) in [5.74, 6) is -0.159. The number of amides is 2. The molecule has 7 heteroatoms. The first kappa shape index (κ1) is 13.7. The molecule has 0 radical (unpaired) electrons. The highest BCUT2D eigenvalue weighted by Crippen LogP contribution is 2.21. The van der Waals surface area contributed by atoms with Gasteiger partial charge in [-0.3, -0.25) is 9.59 Å². The fourth-order valence-corrected chi connectivity index (χ4v) is 2.31. The Morgan fingerprint density at radius 3 is 2.53 bits per heavy atom. The minimum Gasteiger partial charge on any atom is -0.370 e. The van der Waals surface area contributed by atoms with E-state index in [0.717, 1.165) is 12.8 Å². The number of nitrogens with two attached hydrogens (primary N) is 1. The molecule has 2 N–H and O–H groups in total. The molecule has 102 valence electrons.